The number of likely N-dealkylation sites (tertiary alicyclic amines) is 1. The summed E-state index contributed by atoms with van der Waals surface area (Å²) in [7, 11) is 0. The summed E-state index contributed by atoms with van der Waals surface area (Å²) in [5.41, 5.74) is 5.39. The van der Waals surface area contributed by atoms with Crippen LogP contribution in [-0.2, 0) is 14.3 Å². The standard InChI is InChI=1S/C14H25N3O3/c15-5-6-16-13(18)12-2-1-7-17(10-12)14(19)11-3-8-20-9-4-11/h11-12H,1-10,15H2,(H,16,18). The number of piperidine rings is 1. The number of carbonyl (C=O) groups excluding carboxylic acids is 2. The van der Waals surface area contributed by atoms with Gasteiger partial charge < -0.3 is 20.7 Å². The number of carbonyl (C=O) groups is 2. The molecule has 0 bridgehead atoms. The largest absolute Gasteiger partial charge is 0.381 e. The quantitative estimate of drug-likeness (QED) is 0.743. The molecule has 3 N–H and O–H groups in total. The maximum Gasteiger partial charge on any atom is 0.225 e. The Labute approximate surface area is 120 Å². The van der Waals surface area contributed by atoms with E-state index in [1.807, 2.05) is 4.90 Å². The van der Waals surface area contributed by atoms with Gasteiger partial charge in [-0.1, -0.05) is 0 Å². The zero-order valence-corrected chi connectivity index (χ0v) is 12.0. The second kappa shape index (κ2) is 7.59. The molecule has 1 unspecified atom stereocenters. The van der Waals surface area contributed by atoms with Gasteiger partial charge in [-0.25, -0.2) is 0 Å². The van der Waals surface area contributed by atoms with Gasteiger partial charge in [-0.15, -0.1) is 0 Å². The van der Waals surface area contributed by atoms with Crippen molar-refractivity contribution >= 4 is 11.8 Å². The topological polar surface area (TPSA) is 84.7 Å². The van der Waals surface area contributed by atoms with E-state index in [2.05, 4.69) is 5.32 Å². The van der Waals surface area contributed by atoms with Crippen LogP contribution in [0.4, 0.5) is 0 Å². The highest BCUT2D eigenvalue weighted by Gasteiger charge is 2.32. The summed E-state index contributed by atoms with van der Waals surface area (Å²) >= 11 is 0. The summed E-state index contributed by atoms with van der Waals surface area (Å²) in [6, 6.07) is 0. The van der Waals surface area contributed by atoms with E-state index >= 15 is 0 Å². The second-order valence-electron chi connectivity index (χ2n) is 5.59. The third-order valence-electron chi connectivity index (χ3n) is 4.12. The zero-order chi connectivity index (χ0) is 14.4. The maximum absolute atomic E-state index is 12.5. The van der Waals surface area contributed by atoms with Gasteiger partial charge in [-0.2, -0.15) is 0 Å². The molecule has 6 heteroatoms. The minimum absolute atomic E-state index is 0.0277. The molecule has 0 aromatic rings. The molecule has 1 atom stereocenters. The highest BCUT2D eigenvalue weighted by atomic mass is 16.5. The molecule has 2 aliphatic rings. The first kappa shape index (κ1) is 15.3. The third-order valence-corrected chi connectivity index (χ3v) is 4.12. The Morgan fingerprint density at radius 2 is 1.95 bits per heavy atom. The predicted molar refractivity (Wildman–Crippen MR) is 74.9 cm³/mol. The van der Waals surface area contributed by atoms with Crippen molar-refractivity contribution in [3.63, 3.8) is 0 Å². The Kier molecular flexibility index (Phi) is 5.79. The zero-order valence-electron chi connectivity index (χ0n) is 12.0. The highest BCUT2D eigenvalue weighted by Crippen LogP contribution is 2.22. The molecule has 2 saturated heterocycles. The van der Waals surface area contributed by atoms with Crippen molar-refractivity contribution in [3.8, 4) is 0 Å². The molecule has 0 radical (unpaired) electrons. The number of hydrogen-bond acceptors (Lipinski definition) is 4. The summed E-state index contributed by atoms with van der Waals surface area (Å²) in [5, 5.41) is 2.82. The Morgan fingerprint density at radius 1 is 1.20 bits per heavy atom. The summed E-state index contributed by atoms with van der Waals surface area (Å²) in [6.07, 6.45) is 3.36. The minimum atomic E-state index is -0.0842. The van der Waals surface area contributed by atoms with Gasteiger partial charge in [-0.05, 0) is 25.7 Å². The van der Waals surface area contributed by atoms with Gasteiger partial charge in [0.25, 0.3) is 0 Å². The van der Waals surface area contributed by atoms with Gasteiger partial charge in [0.05, 0.1) is 5.92 Å². The van der Waals surface area contributed by atoms with Crippen LogP contribution in [0.2, 0.25) is 0 Å². The lowest BCUT2D eigenvalue weighted by atomic mass is 9.93. The van der Waals surface area contributed by atoms with E-state index < -0.39 is 0 Å². The molecule has 0 spiro atoms. The number of amides is 2. The van der Waals surface area contributed by atoms with Crippen LogP contribution in [-0.4, -0.2) is 56.1 Å². The average molecular weight is 283 g/mol. The van der Waals surface area contributed by atoms with Gasteiger partial charge in [0, 0.05) is 45.3 Å². The van der Waals surface area contributed by atoms with E-state index in [4.69, 9.17) is 10.5 Å². The lowest BCUT2D eigenvalue weighted by molar-refractivity contribution is -0.141. The van der Waals surface area contributed by atoms with E-state index in [1.54, 1.807) is 0 Å². The molecule has 2 amide bonds. The molecule has 2 aliphatic heterocycles. The molecule has 6 nitrogen and oxygen atoms in total. The van der Waals surface area contributed by atoms with Gasteiger partial charge in [0.15, 0.2) is 0 Å². The van der Waals surface area contributed by atoms with Crippen LogP contribution in [0, 0.1) is 11.8 Å². The van der Waals surface area contributed by atoms with Gasteiger partial charge in [0.2, 0.25) is 11.8 Å². The van der Waals surface area contributed by atoms with Crippen LogP contribution >= 0.6 is 0 Å². The Bertz CT molecular complexity index is 343. The molecular formula is C14H25N3O3. The Balaban J connectivity index is 1.85. The first-order valence-corrected chi connectivity index (χ1v) is 7.56. The Hall–Kier alpha value is -1.14. The van der Waals surface area contributed by atoms with Crippen molar-refractivity contribution in [1.82, 2.24) is 10.2 Å². The van der Waals surface area contributed by atoms with Crippen molar-refractivity contribution in [2.24, 2.45) is 17.6 Å². The number of nitrogens with one attached hydrogen (secondary N) is 1. The smallest absolute Gasteiger partial charge is 0.225 e. The number of hydrogen-bond donors (Lipinski definition) is 2. The van der Waals surface area contributed by atoms with Crippen molar-refractivity contribution < 1.29 is 14.3 Å². The van der Waals surface area contributed by atoms with Crippen molar-refractivity contribution in [2.45, 2.75) is 25.7 Å². The molecule has 0 saturated carbocycles. The predicted octanol–water partition coefficient (Wildman–Crippen LogP) is -0.273. The number of nitrogens with two attached hydrogens (primary N) is 1. The van der Waals surface area contributed by atoms with E-state index in [1.165, 1.54) is 0 Å². The minimum Gasteiger partial charge on any atom is -0.381 e. The first-order valence-electron chi connectivity index (χ1n) is 7.56. The molecule has 0 aromatic heterocycles. The van der Waals surface area contributed by atoms with E-state index in [0.717, 1.165) is 32.2 Å². The summed E-state index contributed by atoms with van der Waals surface area (Å²) < 4.78 is 5.29. The first-order chi connectivity index (χ1) is 9.72. The van der Waals surface area contributed by atoms with Gasteiger partial charge >= 0.3 is 0 Å². The molecule has 114 valence electrons. The second-order valence-corrected chi connectivity index (χ2v) is 5.59. The fourth-order valence-corrected chi connectivity index (χ4v) is 2.93. The molecule has 0 aromatic carbocycles. The van der Waals surface area contributed by atoms with Crippen LogP contribution in [0.3, 0.4) is 0 Å². The number of ether oxygens (including phenoxy) is 1. The molecule has 0 aliphatic carbocycles. The van der Waals surface area contributed by atoms with Gasteiger partial charge in [0.1, 0.15) is 0 Å². The van der Waals surface area contributed by atoms with Crippen LogP contribution < -0.4 is 11.1 Å². The highest BCUT2D eigenvalue weighted by molar-refractivity contribution is 5.82. The molecule has 2 fully saturated rings. The van der Waals surface area contributed by atoms with Gasteiger partial charge in [-0.3, -0.25) is 9.59 Å². The fraction of sp³-hybridized carbons (Fsp3) is 0.857. The SMILES string of the molecule is NCCNC(=O)C1CCCN(C(=O)C2CCOCC2)C1. The third kappa shape index (κ3) is 3.93. The van der Waals surface area contributed by atoms with Crippen molar-refractivity contribution in [2.75, 3.05) is 39.4 Å². The maximum atomic E-state index is 12.5. The summed E-state index contributed by atoms with van der Waals surface area (Å²) in [4.78, 5) is 26.3. The molecule has 20 heavy (non-hydrogen) atoms. The average Bonchev–Trinajstić information content (AvgIpc) is 2.52. The van der Waals surface area contributed by atoms with E-state index in [-0.39, 0.29) is 23.7 Å². The Morgan fingerprint density at radius 3 is 2.65 bits per heavy atom. The lowest BCUT2D eigenvalue weighted by Crippen LogP contribution is -2.48. The molecule has 2 rings (SSSR count). The fourth-order valence-electron chi connectivity index (χ4n) is 2.93. The van der Waals surface area contributed by atoms with Crippen molar-refractivity contribution in [3.05, 3.63) is 0 Å². The number of rotatable bonds is 4. The molecule has 2 heterocycles. The van der Waals surface area contributed by atoms with Crippen molar-refractivity contribution in [1.29, 1.82) is 0 Å². The molecular weight excluding hydrogens is 258 g/mol. The summed E-state index contributed by atoms with van der Waals surface area (Å²) in [6.45, 7) is 3.62. The monoisotopic (exact) mass is 283 g/mol. The van der Waals surface area contributed by atoms with E-state index in [0.29, 0.717) is 32.8 Å². The van der Waals surface area contributed by atoms with E-state index in [9.17, 15) is 9.59 Å². The number of nitrogens with zero attached hydrogens (tertiary/aromatic N) is 1. The lowest BCUT2D eigenvalue weighted by Gasteiger charge is -2.35. The van der Waals surface area contributed by atoms with Crippen LogP contribution in [0.5, 0.6) is 0 Å². The van der Waals surface area contributed by atoms with Crippen LogP contribution in [0.1, 0.15) is 25.7 Å². The normalized spacial score (nSPS) is 24.4. The van der Waals surface area contributed by atoms with Crippen LogP contribution in [0.15, 0.2) is 0 Å². The van der Waals surface area contributed by atoms with Crippen LogP contribution in [0.25, 0.3) is 0 Å². The summed E-state index contributed by atoms with van der Waals surface area (Å²) in [5.74, 6) is 0.221.